The highest BCUT2D eigenvalue weighted by Gasteiger charge is 2.01. The van der Waals surface area contributed by atoms with Crippen molar-refractivity contribution in [2.45, 2.75) is 19.6 Å². The summed E-state index contributed by atoms with van der Waals surface area (Å²) in [5.74, 6) is 0.600. The number of rotatable bonds is 6. The first kappa shape index (κ1) is 10.6. The van der Waals surface area contributed by atoms with Gasteiger partial charge in [0, 0.05) is 12.7 Å². The Hall–Kier alpha value is -1.87. The maximum absolute atomic E-state index is 8.70. The van der Waals surface area contributed by atoms with Gasteiger partial charge in [-0.1, -0.05) is 10.4 Å². The van der Waals surface area contributed by atoms with E-state index in [0.29, 0.717) is 25.5 Å². The molecule has 0 aromatic carbocycles. The number of H-pyrrole nitrogens is 1. The Morgan fingerprint density at radius 3 is 3.06 bits per heavy atom. The van der Waals surface area contributed by atoms with Gasteiger partial charge in [-0.05, 0) is 0 Å². The van der Waals surface area contributed by atoms with Crippen molar-refractivity contribution in [1.29, 1.82) is 0 Å². The minimum absolute atomic E-state index is 0.0547. The third-order valence-electron chi connectivity index (χ3n) is 1.89. The molecule has 0 unspecified atom stereocenters. The smallest absolute Gasteiger partial charge is 0.188 e. The van der Waals surface area contributed by atoms with Gasteiger partial charge in [0.25, 0.3) is 0 Å². The minimum atomic E-state index is 0.0547. The largest absolute Gasteiger partial charge is 0.394 e. The second-order valence-electron chi connectivity index (χ2n) is 3.13. The summed E-state index contributed by atoms with van der Waals surface area (Å²) in [5.41, 5.74) is 0.803. The lowest BCUT2D eigenvalue weighted by Crippen LogP contribution is -2.14. The van der Waals surface area contributed by atoms with Gasteiger partial charge < -0.3 is 10.4 Å². The van der Waals surface area contributed by atoms with Gasteiger partial charge in [0.1, 0.15) is 0 Å². The summed E-state index contributed by atoms with van der Waals surface area (Å²) in [6.45, 7) is 1.60. The van der Waals surface area contributed by atoms with E-state index in [9.17, 15) is 0 Å². The van der Waals surface area contributed by atoms with Crippen molar-refractivity contribution in [3.8, 4) is 0 Å². The third kappa shape index (κ3) is 2.81. The Balaban J connectivity index is 1.76. The Labute approximate surface area is 90.9 Å². The van der Waals surface area contributed by atoms with Crippen LogP contribution in [0, 0.1) is 0 Å². The normalized spacial score (nSPS) is 10.8. The van der Waals surface area contributed by atoms with E-state index < -0.39 is 0 Å². The van der Waals surface area contributed by atoms with Crippen molar-refractivity contribution in [3.63, 3.8) is 0 Å². The number of aromatic nitrogens is 7. The van der Waals surface area contributed by atoms with Gasteiger partial charge in [0.15, 0.2) is 5.82 Å². The fourth-order valence-corrected chi connectivity index (χ4v) is 1.19. The molecule has 2 aromatic rings. The highest BCUT2D eigenvalue weighted by Crippen LogP contribution is 1.93. The van der Waals surface area contributed by atoms with Crippen LogP contribution in [-0.2, 0) is 19.6 Å². The van der Waals surface area contributed by atoms with Crippen LogP contribution in [0.2, 0.25) is 0 Å². The van der Waals surface area contributed by atoms with Crippen LogP contribution in [0.1, 0.15) is 11.5 Å². The molecule has 16 heavy (non-hydrogen) atoms. The van der Waals surface area contributed by atoms with E-state index in [1.807, 2.05) is 0 Å². The summed E-state index contributed by atoms with van der Waals surface area (Å²) in [6, 6.07) is 0. The van der Waals surface area contributed by atoms with Gasteiger partial charge in [-0.3, -0.25) is 0 Å². The topological polar surface area (TPSA) is 117 Å². The molecule has 0 aliphatic rings. The average molecular weight is 224 g/mol. The Bertz CT molecular complexity index is 410. The summed E-state index contributed by atoms with van der Waals surface area (Å²) in [7, 11) is 0. The maximum Gasteiger partial charge on any atom is 0.188 e. The first-order chi connectivity index (χ1) is 7.88. The van der Waals surface area contributed by atoms with E-state index in [2.05, 4.69) is 36.3 Å². The molecule has 0 spiro atoms. The third-order valence-corrected chi connectivity index (χ3v) is 1.89. The lowest BCUT2D eigenvalue weighted by molar-refractivity contribution is 0.268. The van der Waals surface area contributed by atoms with Crippen molar-refractivity contribution in [2.24, 2.45) is 0 Å². The molecular formula is C7H12N8O. The predicted octanol–water partition coefficient (Wildman–Crippen LogP) is -1.93. The number of aliphatic hydroxyl groups is 1. The van der Waals surface area contributed by atoms with Crippen molar-refractivity contribution in [1.82, 2.24) is 40.9 Å². The van der Waals surface area contributed by atoms with Crippen LogP contribution in [0.5, 0.6) is 0 Å². The Morgan fingerprint density at radius 2 is 2.31 bits per heavy atom. The molecule has 0 saturated heterocycles. The van der Waals surface area contributed by atoms with Crippen molar-refractivity contribution < 1.29 is 5.11 Å². The molecule has 2 rings (SSSR count). The minimum Gasteiger partial charge on any atom is -0.394 e. The molecule has 9 nitrogen and oxygen atoms in total. The zero-order chi connectivity index (χ0) is 11.2. The first-order valence-electron chi connectivity index (χ1n) is 4.81. The zero-order valence-corrected chi connectivity index (χ0v) is 8.54. The van der Waals surface area contributed by atoms with E-state index in [0.717, 1.165) is 5.69 Å². The fourth-order valence-electron chi connectivity index (χ4n) is 1.19. The second-order valence-corrected chi connectivity index (χ2v) is 3.13. The molecule has 0 amide bonds. The summed E-state index contributed by atoms with van der Waals surface area (Å²) in [6.07, 6.45) is 1.78. The monoisotopic (exact) mass is 224 g/mol. The quantitative estimate of drug-likeness (QED) is 0.523. The van der Waals surface area contributed by atoms with Crippen molar-refractivity contribution >= 4 is 0 Å². The lowest BCUT2D eigenvalue weighted by Gasteiger charge is -1.96. The van der Waals surface area contributed by atoms with Gasteiger partial charge in [-0.2, -0.15) is 5.21 Å². The molecular weight excluding hydrogens is 212 g/mol. The van der Waals surface area contributed by atoms with Crippen molar-refractivity contribution in [2.75, 3.05) is 6.61 Å². The molecule has 2 heterocycles. The summed E-state index contributed by atoms with van der Waals surface area (Å²) in [5, 5.41) is 33.0. The first-order valence-corrected chi connectivity index (χ1v) is 4.81. The number of tetrazole rings is 1. The molecule has 2 aromatic heterocycles. The molecule has 0 radical (unpaired) electrons. The average Bonchev–Trinajstić information content (AvgIpc) is 2.90. The van der Waals surface area contributed by atoms with Crippen LogP contribution >= 0.6 is 0 Å². The second kappa shape index (κ2) is 5.28. The van der Waals surface area contributed by atoms with E-state index in [1.165, 1.54) is 0 Å². The van der Waals surface area contributed by atoms with Crippen LogP contribution in [0.4, 0.5) is 0 Å². The number of nitrogens with one attached hydrogen (secondary N) is 2. The molecule has 0 fully saturated rings. The van der Waals surface area contributed by atoms with Crippen LogP contribution < -0.4 is 5.32 Å². The summed E-state index contributed by atoms with van der Waals surface area (Å²) in [4.78, 5) is 0. The van der Waals surface area contributed by atoms with Gasteiger partial charge in [-0.25, -0.2) is 4.68 Å². The Kier molecular flexibility index (Phi) is 3.51. The fraction of sp³-hybridized carbons (Fsp3) is 0.571. The molecule has 0 atom stereocenters. The number of hydrogen-bond acceptors (Lipinski definition) is 7. The predicted molar refractivity (Wildman–Crippen MR) is 51.8 cm³/mol. The molecule has 86 valence electrons. The molecule has 3 N–H and O–H groups in total. The number of aliphatic hydroxyl groups excluding tert-OH is 1. The molecule has 0 bridgehead atoms. The van der Waals surface area contributed by atoms with Gasteiger partial charge >= 0.3 is 0 Å². The van der Waals surface area contributed by atoms with Crippen LogP contribution in [0.15, 0.2) is 6.20 Å². The highest BCUT2D eigenvalue weighted by atomic mass is 16.3. The van der Waals surface area contributed by atoms with Crippen molar-refractivity contribution in [3.05, 3.63) is 17.7 Å². The molecule has 9 heteroatoms. The lowest BCUT2D eigenvalue weighted by atomic mass is 10.4. The van der Waals surface area contributed by atoms with E-state index in [-0.39, 0.29) is 6.61 Å². The van der Waals surface area contributed by atoms with E-state index >= 15 is 0 Å². The van der Waals surface area contributed by atoms with Gasteiger partial charge in [0.05, 0.1) is 25.4 Å². The van der Waals surface area contributed by atoms with Gasteiger partial charge in [-0.15, -0.1) is 15.3 Å². The number of nitrogens with zero attached hydrogens (tertiary/aromatic N) is 6. The zero-order valence-electron chi connectivity index (χ0n) is 8.54. The van der Waals surface area contributed by atoms with Gasteiger partial charge in [0.2, 0.25) is 0 Å². The Morgan fingerprint density at radius 1 is 1.38 bits per heavy atom. The molecule has 0 aliphatic carbocycles. The summed E-state index contributed by atoms with van der Waals surface area (Å²) >= 11 is 0. The maximum atomic E-state index is 8.70. The number of aromatic amines is 1. The van der Waals surface area contributed by atoms with E-state index in [1.54, 1.807) is 10.9 Å². The SMILES string of the molecule is OCCn1cc(CNCc2nn[nH]n2)nn1. The van der Waals surface area contributed by atoms with Crippen LogP contribution in [-0.4, -0.2) is 47.3 Å². The van der Waals surface area contributed by atoms with Crippen LogP contribution in [0.3, 0.4) is 0 Å². The summed E-state index contributed by atoms with van der Waals surface area (Å²) < 4.78 is 1.59. The van der Waals surface area contributed by atoms with E-state index in [4.69, 9.17) is 5.11 Å². The van der Waals surface area contributed by atoms with Crippen LogP contribution in [0.25, 0.3) is 0 Å². The number of hydrogen-bond donors (Lipinski definition) is 3. The molecule has 0 saturated carbocycles. The highest BCUT2D eigenvalue weighted by molar-refractivity contribution is 4.91. The molecule has 0 aliphatic heterocycles. The standard InChI is InChI=1S/C7H12N8O/c16-2-1-15-5-6(9-14-15)3-8-4-7-10-12-13-11-7/h5,8,16H,1-4H2,(H,10,11,12,13).